The first kappa shape index (κ1) is 10.5. The standard InChI is InChI=1S/C10H20N2O/c1-7(9-5-4-6-9)12-10(13)8(2)11-3/h7-9,11H,4-6H2,1-3H3,(H,12,13). The van der Waals surface area contributed by atoms with E-state index in [1.807, 2.05) is 6.92 Å². The fourth-order valence-corrected chi connectivity index (χ4v) is 1.54. The second-order valence-electron chi connectivity index (χ2n) is 4.00. The number of carbonyl (C=O) groups is 1. The highest BCUT2D eigenvalue weighted by Gasteiger charge is 2.25. The summed E-state index contributed by atoms with van der Waals surface area (Å²) in [7, 11) is 1.80. The molecule has 0 spiro atoms. The Morgan fingerprint density at radius 1 is 1.38 bits per heavy atom. The molecule has 0 radical (unpaired) electrons. The van der Waals surface area contributed by atoms with Crippen molar-refractivity contribution < 1.29 is 4.79 Å². The molecule has 0 aliphatic heterocycles. The molecule has 1 rings (SSSR count). The van der Waals surface area contributed by atoms with Crippen LogP contribution in [0.5, 0.6) is 0 Å². The maximum absolute atomic E-state index is 11.5. The van der Waals surface area contributed by atoms with Crippen molar-refractivity contribution in [3.05, 3.63) is 0 Å². The lowest BCUT2D eigenvalue weighted by atomic mass is 9.80. The number of likely N-dealkylation sites (N-methyl/N-ethyl adjacent to an activating group) is 1. The van der Waals surface area contributed by atoms with Crippen LogP contribution in [0.4, 0.5) is 0 Å². The SMILES string of the molecule is CNC(C)C(=O)NC(C)C1CCC1. The van der Waals surface area contributed by atoms with Crippen LogP contribution in [0.25, 0.3) is 0 Å². The van der Waals surface area contributed by atoms with Crippen molar-refractivity contribution in [2.75, 3.05) is 7.05 Å². The molecule has 0 saturated heterocycles. The average molecular weight is 184 g/mol. The van der Waals surface area contributed by atoms with Gasteiger partial charge in [0.15, 0.2) is 0 Å². The lowest BCUT2D eigenvalue weighted by Crippen LogP contribution is -2.47. The summed E-state index contributed by atoms with van der Waals surface area (Å²) in [6.07, 6.45) is 3.87. The fraction of sp³-hybridized carbons (Fsp3) is 0.900. The van der Waals surface area contributed by atoms with Gasteiger partial charge in [-0.15, -0.1) is 0 Å². The van der Waals surface area contributed by atoms with Gasteiger partial charge in [0, 0.05) is 6.04 Å². The molecule has 0 aromatic carbocycles. The highest BCUT2D eigenvalue weighted by Crippen LogP contribution is 2.29. The minimum absolute atomic E-state index is 0.0810. The van der Waals surface area contributed by atoms with Crippen molar-refractivity contribution in [3.63, 3.8) is 0 Å². The molecular formula is C10H20N2O. The number of amides is 1. The Hall–Kier alpha value is -0.570. The molecule has 2 unspecified atom stereocenters. The predicted octanol–water partition coefficient (Wildman–Crippen LogP) is 0.899. The molecule has 3 heteroatoms. The van der Waals surface area contributed by atoms with Gasteiger partial charge in [0.05, 0.1) is 6.04 Å². The number of hydrogen-bond acceptors (Lipinski definition) is 2. The molecular weight excluding hydrogens is 164 g/mol. The number of carbonyl (C=O) groups excluding carboxylic acids is 1. The van der Waals surface area contributed by atoms with Gasteiger partial charge in [0.1, 0.15) is 0 Å². The lowest BCUT2D eigenvalue weighted by Gasteiger charge is -2.32. The summed E-state index contributed by atoms with van der Waals surface area (Å²) in [5, 5.41) is 5.96. The lowest BCUT2D eigenvalue weighted by molar-refractivity contribution is -0.123. The van der Waals surface area contributed by atoms with E-state index in [2.05, 4.69) is 17.6 Å². The van der Waals surface area contributed by atoms with Gasteiger partial charge in [0.25, 0.3) is 0 Å². The highest BCUT2D eigenvalue weighted by atomic mass is 16.2. The van der Waals surface area contributed by atoms with Crippen LogP contribution in [0.1, 0.15) is 33.1 Å². The summed E-state index contributed by atoms with van der Waals surface area (Å²) in [5.74, 6) is 0.829. The van der Waals surface area contributed by atoms with Gasteiger partial charge < -0.3 is 10.6 Å². The number of nitrogens with one attached hydrogen (secondary N) is 2. The molecule has 1 saturated carbocycles. The Kier molecular flexibility index (Phi) is 3.72. The molecule has 13 heavy (non-hydrogen) atoms. The first-order chi connectivity index (χ1) is 6.15. The number of rotatable bonds is 4. The molecule has 1 amide bonds. The highest BCUT2D eigenvalue weighted by molar-refractivity contribution is 5.81. The normalized spacial score (nSPS) is 21.8. The summed E-state index contributed by atoms with van der Waals surface area (Å²) in [6.45, 7) is 3.98. The molecule has 3 nitrogen and oxygen atoms in total. The minimum Gasteiger partial charge on any atom is -0.352 e. The molecule has 1 fully saturated rings. The zero-order valence-corrected chi connectivity index (χ0v) is 8.76. The number of hydrogen-bond donors (Lipinski definition) is 2. The van der Waals surface area contributed by atoms with Gasteiger partial charge in [-0.2, -0.15) is 0 Å². The summed E-state index contributed by atoms with van der Waals surface area (Å²) in [4.78, 5) is 11.5. The van der Waals surface area contributed by atoms with Crippen LogP contribution in [-0.4, -0.2) is 25.0 Å². The Morgan fingerprint density at radius 3 is 2.38 bits per heavy atom. The van der Waals surface area contributed by atoms with Gasteiger partial charge in [-0.05, 0) is 39.7 Å². The van der Waals surface area contributed by atoms with E-state index in [4.69, 9.17) is 0 Å². The van der Waals surface area contributed by atoms with Crippen LogP contribution >= 0.6 is 0 Å². The monoisotopic (exact) mass is 184 g/mol. The maximum atomic E-state index is 11.5. The third kappa shape index (κ3) is 2.69. The van der Waals surface area contributed by atoms with E-state index >= 15 is 0 Å². The molecule has 2 atom stereocenters. The molecule has 0 aromatic rings. The van der Waals surface area contributed by atoms with E-state index in [-0.39, 0.29) is 11.9 Å². The fourth-order valence-electron chi connectivity index (χ4n) is 1.54. The van der Waals surface area contributed by atoms with Crippen molar-refractivity contribution in [1.29, 1.82) is 0 Å². The average Bonchev–Trinajstić information content (AvgIpc) is 1.99. The van der Waals surface area contributed by atoms with E-state index in [0.29, 0.717) is 12.0 Å². The summed E-state index contributed by atoms with van der Waals surface area (Å²) < 4.78 is 0. The first-order valence-electron chi connectivity index (χ1n) is 5.12. The molecule has 0 bridgehead atoms. The predicted molar refractivity (Wildman–Crippen MR) is 53.5 cm³/mol. The van der Waals surface area contributed by atoms with Gasteiger partial charge in [-0.1, -0.05) is 6.42 Å². The van der Waals surface area contributed by atoms with Crippen molar-refractivity contribution in [3.8, 4) is 0 Å². The van der Waals surface area contributed by atoms with Gasteiger partial charge in [-0.25, -0.2) is 0 Å². The van der Waals surface area contributed by atoms with E-state index in [9.17, 15) is 4.79 Å². The van der Waals surface area contributed by atoms with Gasteiger partial charge >= 0.3 is 0 Å². The topological polar surface area (TPSA) is 41.1 Å². The van der Waals surface area contributed by atoms with E-state index in [1.54, 1.807) is 7.05 Å². The summed E-state index contributed by atoms with van der Waals surface area (Å²) in [6, 6.07) is 0.263. The third-order valence-electron chi connectivity index (χ3n) is 3.05. The quantitative estimate of drug-likeness (QED) is 0.681. The van der Waals surface area contributed by atoms with Crippen LogP contribution in [0.2, 0.25) is 0 Å². The van der Waals surface area contributed by atoms with Gasteiger partial charge in [-0.3, -0.25) is 4.79 Å². The largest absolute Gasteiger partial charge is 0.352 e. The smallest absolute Gasteiger partial charge is 0.237 e. The van der Waals surface area contributed by atoms with E-state index < -0.39 is 0 Å². The van der Waals surface area contributed by atoms with Crippen LogP contribution in [0.15, 0.2) is 0 Å². The molecule has 0 heterocycles. The third-order valence-corrected chi connectivity index (χ3v) is 3.05. The van der Waals surface area contributed by atoms with Crippen molar-refractivity contribution >= 4 is 5.91 Å². The zero-order valence-electron chi connectivity index (χ0n) is 8.76. The second-order valence-corrected chi connectivity index (χ2v) is 4.00. The summed E-state index contributed by atoms with van der Waals surface area (Å²) in [5.41, 5.74) is 0. The molecule has 0 aromatic heterocycles. The Labute approximate surface area is 80.3 Å². The van der Waals surface area contributed by atoms with Crippen molar-refractivity contribution in [2.24, 2.45) is 5.92 Å². The Morgan fingerprint density at radius 2 is 2.00 bits per heavy atom. The van der Waals surface area contributed by atoms with Gasteiger partial charge in [0.2, 0.25) is 5.91 Å². The van der Waals surface area contributed by atoms with Crippen LogP contribution in [0.3, 0.4) is 0 Å². The minimum atomic E-state index is -0.0810. The molecule has 2 N–H and O–H groups in total. The van der Waals surface area contributed by atoms with Crippen LogP contribution < -0.4 is 10.6 Å². The van der Waals surface area contributed by atoms with Crippen molar-refractivity contribution in [2.45, 2.75) is 45.2 Å². The zero-order chi connectivity index (χ0) is 9.84. The maximum Gasteiger partial charge on any atom is 0.237 e. The van der Waals surface area contributed by atoms with Crippen LogP contribution in [0, 0.1) is 5.92 Å². The first-order valence-corrected chi connectivity index (χ1v) is 5.12. The van der Waals surface area contributed by atoms with Crippen LogP contribution in [-0.2, 0) is 4.79 Å². The Bertz CT molecular complexity index is 178. The van der Waals surface area contributed by atoms with E-state index in [0.717, 1.165) is 0 Å². The molecule has 1 aliphatic rings. The summed E-state index contributed by atoms with van der Waals surface area (Å²) >= 11 is 0. The van der Waals surface area contributed by atoms with Crippen molar-refractivity contribution in [1.82, 2.24) is 10.6 Å². The Balaban J connectivity index is 2.26. The van der Waals surface area contributed by atoms with E-state index in [1.165, 1.54) is 19.3 Å². The second kappa shape index (κ2) is 4.61. The molecule has 76 valence electrons. The molecule has 1 aliphatic carbocycles.